The molecule has 1 aromatic rings. The van der Waals surface area contributed by atoms with Crippen molar-refractivity contribution in [2.24, 2.45) is 4.99 Å². The molecule has 0 aliphatic carbocycles. The van der Waals surface area contributed by atoms with E-state index in [-0.39, 0.29) is 48.6 Å². The van der Waals surface area contributed by atoms with E-state index in [1.807, 2.05) is 45.0 Å². The highest BCUT2D eigenvalue weighted by Gasteiger charge is 2.13. The predicted molar refractivity (Wildman–Crippen MR) is 117 cm³/mol. The number of benzene rings is 1. The molecule has 3 N–H and O–H groups in total. The van der Waals surface area contributed by atoms with E-state index in [2.05, 4.69) is 26.9 Å². The number of rotatable bonds is 7. The summed E-state index contributed by atoms with van der Waals surface area (Å²) in [5.41, 5.74) is 0.924. The minimum absolute atomic E-state index is 0. The van der Waals surface area contributed by atoms with Crippen LogP contribution in [-0.2, 0) is 11.2 Å². The van der Waals surface area contributed by atoms with Gasteiger partial charge in [0, 0.05) is 19.1 Å². The van der Waals surface area contributed by atoms with E-state index in [4.69, 9.17) is 11.2 Å². The molecule has 26 heavy (non-hydrogen) atoms. The van der Waals surface area contributed by atoms with Crippen molar-refractivity contribution in [3.63, 3.8) is 0 Å². The molecule has 6 nitrogen and oxygen atoms in total. The van der Waals surface area contributed by atoms with Crippen LogP contribution in [0.2, 0.25) is 0 Å². The third kappa shape index (κ3) is 10.8. The zero-order chi connectivity index (χ0) is 18.7. The summed E-state index contributed by atoms with van der Waals surface area (Å²) in [4.78, 5) is 15.9. The minimum Gasteiger partial charge on any atom is -0.481 e. The van der Waals surface area contributed by atoms with Gasteiger partial charge >= 0.3 is 0 Å². The van der Waals surface area contributed by atoms with Gasteiger partial charge in [0.05, 0.1) is 6.54 Å². The van der Waals surface area contributed by atoms with Crippen molar-refractivity contribution >= 4 is 35.8 Å². The second kappa shape index (κ2) is 12.4. The van der Waals surface area contributed by atoms with E-state index < -0.39 is 0 Å². The van der Waals surface area contributed by atoms with E-state index in [1.165, 1.54) is 5.56 Å². The van der Waals surface area contributed by atoms with Gasteiger partial charge in [0.15, 0.2) is 5.96 Å². The van der Waals surface area contributed by atoms with E-state index in [0.717, 1.165) is 12.2 Å². The maximum atomic E-state index is 11.8. The molecule has 0 heterocycles. The van der Waals surface area contributed by atoms with Crippen LogP contribution in [0.1, 0.15) is 26.3 Å². The molecule has 7 heteroatoms. The standard InChI is InChI=1S/C19H28N4O2.HI/c1-6-13-25-16-9-7-15(8-10-16)11-12-21-18(20-5)22-14-17(24)23-19(2,3)4;/h1,7-10H,11-14H2,2-5H3,(H,23,24)(H2,20,21,22);1H. The van der Waals surface area contributed by atoms with Crippen LogP contribution in [0.4, 0.5) is 0 Å². The van der Waals surface area contributed by atoms with Crippen LogP contribution in [0.25, 0.3) is 0 Å². The fourth-order valence-corrected chi connectivity index (χ4v) is 2.05. The van der Waals surface area contributed by atoms with Crippen molar-refractivity contribution in [1.82, 2.24) is 16.0 Å². The third-order valence-electron chi connectivity index (χ3n) is 3.11. The van der Waals surface area contributed by atoms with Crippen LogP contribution in [0.15, 0.2) is 29.3 Å². The quantitative estimate of drug-likeness (QED) is 0.246. The second-order valence-corrected chi connectivity index (χ2v) is 6.54. The lowest BCUT2D eigenvalue weighted by Crippen LogP contribution is -2.48. The van der Waals surface area contributed by atoms with E-state index in [9.17, 15) is 4.79 Å². The van der Waals surface area contributed by atoms with Crippen molar-refractivity contribution < 1.29 is 9.53 Å². The Morgan fingerprint density at radius 3 is 2.42 bits per heavy atom. The average Bonchev–Trinajstić information content (AvgIpc) is 2.55. The summed E-state index contributed by atoms with van der Waals surface area (Å²) in [6, 6.07) is 7.80. The molecule has 0 aromatic heterocycles. The number of halogens is 1. The zero-order valence-corrected chi connectivity index (χ0v) is 18.2. The molecule has 0 saturated heterocycles. The highest BCUT2D eigenvalue weighted by molar-refractivity contribution is 14.0. The van der Waals surface area contributed by atoms with Crippen molar-refractivity contribution in [2.45, 2.75) is 32.7 Å². The Balaban J connectivity index is 0.00000625. The molecule has 0 atom stereocenters. The smallest absolute Gasteiger partial charge is 0.239 e. The Morgan fingerprint density at radius 1 is 1.23 bits per heavy atom. The lowest BCUT2D eigenvalue weighted by Gasteiger charge is -2.21. The first kappa shape index (κ1) is 24.1. The summed E-state index contributed by atoms with van der Waals surface area (Å²) < 4.78 is 5.34. The van der Waals surface area contributed by atoms with Crippen molar-refractivity contribution in [2.75, 3.05) is 26.7 Å². The normalized spacial score (nSPS) is 11.0. The SMILES string of the molecule is C#CCOc1ccc(CCNC(=NC)NCC(=O)NC(C)(C)C)cc1.I. The van der Waals surface area contributed by atoms with Gasteiger partial charge in [0.2, 0.25) is 5.91 Å². The van der Waals surface area contributed by atoms with Crippen LogP contribution in [0.5, 0.6) is 5.75 Å². The molecule has 0 bridgehead atoms. The number of aliphatic imine (C=N–C) groups is 1. The maximum Gasteiger partial charge on any atom is 0.239 e. The van der Waals surface area contributed by atoms with E-state index in [0.29, 0.717) is 12.5 Å². The zero-order valence-electron chi connectivity index (χ0n) is 15.9. The number of hydrogen-bond acceptors (Lipinski definition) is 3. The van der Waals surface area contributed by atoms with Crippen molar-refractivity contribution in [3.05, 3.63) is 29.8 Å². The topological polar surface area (TPSA) is 74.8 Å². The number of terminal acetylenes is 1. The summed E-state index contributed by atoms with van der Waals surface area (Å²) in [5, 5.41) is 9.08. The molecular formula is C19H29IN4O2. The van der Waals surface area contributed by atoms with Crippen LogP contribution < -0.4 is 20.7 Å². The third-order valence-corrected chi connectivity index (χ3v) is 3.11. The molecule has 0 fully saturated rings. The highest BCUT2D eigenvalue weighted by Crippen LogP contribution is 2.12. The fourth-order valence-electron chi connectivity index (χ4n) is 2.05. The van der Waals surface area contributed by atoms with Gasteiger partial charge in [0.25, 0.3) is 0 Å². The number of carbonyl (C=O) groups is 1. The molecule has 1 amide bonds. The molecular weight excluding hydrogens is 443 g/mol. The highest BCUT2D eigenvalue weighted by atomic mass is 127. The molecule has 0 radical (unpaired) electrons. The Hall–Kier alpha value is -1.95. The number of amides is 1. The number of nitrogens with one attached hydrogen (secondary N) is 3. The second-order valence-electron chi connectivity index (χ2n) is 6.54. The first-order chi connectivity index (χ1) is 11.8. The van der Waals surface area contributed by atoms with Crippen molar-refractivity contribution in [3.8, 4) is 18.1 Å². The van der Waals surface area contributed by atoms with Gasteiger partial charge in [-0.25, -0.2) is 0 Å². The van der Waals surface area contributed by atoms with Gasteiger partial charge in [-0.15, -0.1) is 30.4 Å². The lowest BCUT2D eigenvalue weighted by molar-refractivity contribution is -0.121. The van der Waals surface area contributed by atoms with E-state index in [1.54, 1.807) is 7.05 Å². The average molecular weight is 472 g/mol. The Bertz CT molecular complexity index is 616. The van der Waals surface area contributed by atoms with Gasteiger partial charge in [-0.3, -0.25) is 9.79 Å². The van der Waals surface area contributed by atoms with Crippen LogP contribution in [0.3, 0.4) is 0 Å². The Kier molecular flexibility index (Phi) is 11.5. The van der Waals surface area contributed by atoms with Gasteiger partial charge in [-0.2, -0.15) is 0 Å². The Morgan fingerprint density at radius 2 is 1.88 bits per heavy atom. The first-order valence-electron chi connectivity index (χ1n) is 8.25. The minimum atomic E-state index is -0.244. The molecule has 1 aromatic carbocycles. The van der Waals surface area contributed by atoms with Gasteiger partial charge in [0.1, 0.15) is 12.4 Å². The summed E-state index contributed by atoms with van der Waals surface area (Å²) in [6.45, 7) is 6.98. The largest absolute Gasteiger partial charge is 0.481 e. The predicted octanol–water partition coefficient (Wildman–Crippen LogP) is 1.94. The summed E-state index contributed by atoms with van der Waals surface area (Å²) in [6.07, 6.45) is 5.99. The van der Waals surface area contributed by atoms with Crippen LogP contribution in [0, 0.1) is 12.3 Å². The van der Waals surface area contributed by atoms with E-state index >= 15 is 0 Å². The monoisotopic (exact) mass is 472 g/mol. The van der Waals surface area contributed by atoms with Crippen molar-refractivity contribution in [1.29, 1.82) is 0 Å². The summed E-state index contributed by atoms with van der Waals surface area (Å²) in [7, 11) is 1.68. The summed E-state index contributed by atoms with van der Waals surface area (Å²) in [5.74, 6) is 3.72. The molecule has 1 rings (SSSR count). The van der Waals surface area contributed by atoms with Crippen LogP contribution in [-0.4, -0.2) is 44.1 Å². The number of guanidine groups is 1. The number of carbonyl (C=O) groups excluding carboxylic acids is 1. The molecule has 0 unspecified atom stereocenters. The van der Waals surface area contributed by atoms with Crippen LogP contribution >= 0.6 is 24.0 Å². The first-order valence-corrected chi connectivity index (χ1v) is 8.25. The molecule has 0 spiro atoms. The number of ether oxygens (including phenoxy) is 1. The fraction of sp³-hybridized carbons (Fsp3) is 0.474. The Labute approximate surface area is 173 Å². The van der Waals surface area contributed by atoms with Gasteiger partial charge in [-0.05, 0) is 44.9 Å². The molecule has 144 valence electrons. The van der Waals surface area contributed by atoms with Gasteiger partial charge < -0.3 is 20.7 Å². The molecule has 0 saturated carbocycles. The summed E-state index contributed by atoms with van der Waals surface area (Å²) >= 11 is 0. The number of hydrogen-bond donors (Lipinski definition) is 3. The number of nitrogens with zero attached hydrogens (tertiary/aromatic N) is 1. The van der Waals surface area contributed by atoms with Gasteiger partial charge in [-0.1, -0.05) is 18.1 Å². The molecule has 0 aliphatic rings. The lowest BCUT2D eigenvalue weighted by atomic mass is 10.1. The molecule has 0 aliphatic heterocycles. The maximum absolute atomic E-state index is 11.8.